The van der Waals surface area contributed by atoms with Crippen LogP contribution in [-0.2, 0) is 9.53 Å². The number of hydrogen-bond donors (Lipinski definition) is 1. The predicted octanol–water partition coefficient (Wildman–Crippen LogP) is 1.95. The molecule has 0 aromatic carbocycles. The Labute approximate surface area is 125 Å². The maximum absolute atomic E-state index is 14.0. The number of ether oxygens (including phenoxy) is 1. The highest BCUT2D eigenvalue weighted by Crippen LogP contribution is 2.50. The molecule has 4 nitrogen and oxygen atoms in total. The number of rotatable bonds is 6. The highest BCUT2D eigenvalue weighted by Gasteiger charge is 2.78. The Morgan fingerprint density at radius 1 is 1.04 bits per heavy atom. The van der Waals surface area contributed by atoms with E-state index in [-0.39, 0.29) is 26.3 Å². The normalized spacial score (nSPS) is 19.7. The van der Waals surface area contributed by atoms with E-state index >= 15 is 0 Å². The van der Waals surface area contributed by atoms with E-state index in [1.807, 2.05) is 0 Å². The Morgan fingerprint density at radius 3 is 1.91 bits per heavy atom. The van der Waals surface area contributed by atoms with Crippen LogP contribution in [0.2, 0.25) is 0 Å². The number of nitrogens with one attached hydrogen (secondary N) is 1. The van der Waals surface area contributed by atoms with E-state index in [9.17, 15) is 39.9 Å². The highest BCUT2D eigenvalue weighted by molar-refractivity contribution is 5.73. The van der Waals surface area contributed by atoms with Crippen LogP contribution in [0.3, 0.4) is 0 Å². The summed E-state index contributed by atoms with van der Waals surface area (Å²) in [7, 11) is 0. The van der Waals surface area contributed by atoms with E-state index < -0.39 is 36.3 Å². The van der Waals surface area contributed by atoms with Crippen molar-refractivity contribution in [2.45, 2.75) is 37.3 Å². The molecule has 1 fully saturated rings. The molecule has 136 valence electrons. The second kappa shape index (κ2) is 6.75. The van der Waals surface area contributed by atoms with Crippen molar-refractivity contribution in [2.75, 3.05) is 26.3 Å². The van der Waals surface area contributed by atoms with Crippen LogP contribution in [0, 0.1) is 0 Å². The standard InChI is InChI=1S/C11H14F8N2O2/c1-6(22)20-8(21-2-4-23-5-3-21)10(16,17)11(18,19)9(14,15)7(12)13/h7-8H,2-5H2,1H3,(H,20,22). The maximum atomic E-state index is 14.0. The molecule has 23 heavy (non-hydrogen) atoms. The van der Waals surface area contributed by atoms with Crippen LogP contribution in [0.4, 0.5) is 35.1 Å². The van der Waals surface area contributed by atoms with Gasteiger partial charge in [0, 0.05) is 20.0 Å². The van der Waals surface area contributed by atoms with Gasteiger partial charge in [0.25, 0.3) is 0 Å². The number of alkyl halides is 8. The first kappa shape index (κ1) is 19.9. The van der Waals surface area contributed by atoms with Crippen molar-refractivity contribution in [3.63, 3.8) is 0 Å². The number of nitrogens with zero attached hydrogens (tertiary/aromatic N) is 1. The summed E-state index contributed by atoms with van der Waals surface area (Å²) >= 11 is 0. The molecule has 1 heterocycles. The van der Waals surface area contributed by atoms with Crippen molar-refractivity contribution in [3.05, 3.63) is 0 Å². The summed E-state index contributed by atoms with van der Waals surface area (Å²) in [4.78, 5) is 11.5. The van der Waals surface area contributed by atoms with E-state index in [1.165, 1.54) is 5.32 Å². The van der Waals surface area contributed by atoms with Crippen LogP contribution in [0.1, 0.15) is 6.92 Å². The molecule has 1 unspecified atom stereocenters. The lowest BCUT2D eigenvalue weighted by molar-refractivity contribution is -0.353. The fourth-order valence-corrected chi connectivity index (χ4v) is 1.97. The van der Waals surface area contributed by atoms with Gasteiger partial charge in [-0.1, -0.05) is 0 Å². The van der Waals surface area contributed by atoms with Gasteiger partial charge in [-0.25, -0.2) is 8.78 Å². The minimum atomic E-state index is -6.39. The first-order chi connectivity index (χ1) is 10.4. The molecule has 0 aromatic rings. The van der Waals surface area contributed by atoms with Gasteiger partial charge in [0.2, 0.25) is 5.91 Å². The van der Waals surface area contributed by atoms with Gasteiger partial charge in [0.15, 0.2) is 6.17 Å². The molecule has 1 aliphatic heterocycles. The fourth-order valence-electron chi connectivity index (χ4n) is 1.97. The van der Waals surface area contributed by atoms with Crippen LogP contribution in [0.5, 0.6) is 0 Å². The number of amides is 1. The number of carbonyl (C=O) groups is 1. The molecular formula is C11H14F8N2O2. The molecule has 1 atom stereocenters. The molecule has 0 bridgehead atoms. The van der Waals surface area contributed by atoms with Gasteiger partial charge in [-0.05, 0) is 0 Å². The Balaban J connectivity index is 3.22. The summed E-state index contributed by atoms with van der Waals surface area (Å²) in [6.45, 7) is -0.410. The number of carbonyl (C=O) groups excluding carboxylic acids is 1. The molecule has 0 aromatic heterocycles. The van der Waals surface area contributed by atoms with Crippen molar-refractivity contribution < 1.29 is 44.7 Å². The molecule has 0 aliphatic carbocycles. The van der Waals surface area contributed by atoms with E-state index in [0.29, 0.717) is 11.8 Å². The monoisotopic (exact) mass is 358 g/mol. The largest absolute Gasteiger partial charge is 0.381 e. The molecule has 1 amide bonds. The molecule has 0 spiro atoms. The smallest absolute Gasteiger partial charge is 0.379 e. The number of morpholine rings is 1. The van der Waals surface area contributed by atoms with Crippen molar-refractivity contribution in [3.8, 4) is 0 Å². The van der Waals surface area contributed by atoms with Crippen LogP contribution in [-0.4, -0.2) is 67.5 Å². The van der Waals surface area contributed by atoms with Crippen molar-refractivity contribution >= 4 is 5.91 Å². The van der Waals surface area contributed by atoms with Gasteiger partial charge in [-0.3, -0.25) is 9.69 Å². The summed E-state index contributed by atoms with van der Waals surface area (Å²) in [6, 6.07) is 0. The fraction of sp³-hybridized carbons (Fsp3) is 0.909. The Hall–Kier alpha value is -1.17. The maximum Gasteiger partial charge on any atom is 0.381 e. The second-order valence-electron chi connectivity index (χ2n) is 4.87. The third-order valence-electron chi connectivity index (χ3n) is 3.21. The first-order valence-corrected chi connectivity index (χ1v) is 6.36. The van der Waals surface area contributed by atoms with Crippen LogP contribution < -0.4 is 5.32 Å². The molecule has 1 saturated heterocycles. The summed E-state index contributed by atoms with van der Waals surface area (Å²) < 4.78 is 110. The number of halogens is 8. The summed E-state index contributed by atoms with van der Waals surface area (Å²) in [5.74, 6) is -19.5. The van der Waals surface area contributed by atoms with Crippen LogP contribution in [0.25, 0.3) is 0 Å². The van der Waals surface area contributed by atoms with E-state index in [0.717, 1.165) is 0 Å². The minimum absolute atomic E-state index is 0.178. The number of hydrogen-bond acceptors (Lipinski definition) is 3. The van der Waals surface area contributed by atoms with Crippen molar-refractivity contribution in [1.82, 2.24) is 10.2 Å². The first-order valence-electron chi connectivity index (χ1n) is 6.36. The predicted molar refractivity (Wildman–Crippen MR) is 60.8 cm³/mol. The Bertz CT molecular complexity index is 426. The molecule has 12 heteroatoms. The van der Waals surface area contributed by atoms with Gasteiger partial charge < -0.3 is 10.1 Å². The molecule has 1 rings (SSSR count). The molecule has 0 saturated carbocycles. The third-order valence-corrected chi connectivity index (χ3v) is 3.21. The molecule has 0 radical (unpaired) electrons. The topological polar surface area (TPSA) is 41.6 Å². The summed E-state index contributed by atoms with van der Waals surface area (Å²) in [5, 5.41) is 1.43. The average Bonchev–Trinajstić information content (AvgIpc) is 2.44. The zero-order valence-corrected chi connectivity index (χ0v) is 11.8. The Kier molecular flexibility index (Phi) is 5.83. The minimum Gasteiger partial charge on any atom is -0.379 e. The quantitative estimate of drug-likeness (QED) is 0.738. The Morgan fingerprint density at radius 2 is 1.52 bits per heavy atom. The zero-order chi connectivity index (χ0) is 18.1. The van der Waals surface area contributed by atoms with E-state index in [2.05, 4.69) is 0 Å². The lowest BCUT2D eigenvalue weighted by Crippen LogP contribution is -2.70. The van der Waals surface area contributed by atoms with Gasteiger partial charge in [0.1, 0.15) is 0 Å². The van der Waals surface area contributed by atoms with Gasteiger partial charge in [0.05, 0.1) is 13.2 Å². The van der Waals surface area contributed by atoms with Crippen molar-refractivity contribution in [2.24, 2.45) is 0 Å². The molecule has 1 N–H and O–H groups in total. The SMILES string of the molecule is CC(=O)NC(N1CCOCC1)C(F)(F)C(F)(F)C(F)(F)C(F)F. The van der Waals surface area contributed by atoms with Crippen LogP contribution in [0.15, 0.2) is 0 Å². The van der Waals surface area contributed by atoms with Crippen molar-refractivity contribution in [1.29, 1.82) is 0 Å². The summed E-state index contributed by atoms with van der Waals surface area (Å²) in [6.07, 6.45) is -7.89. The van der Waals surface area contributed by atoms with Crippen LogP contribution >= 0.6 is 0 Å². The van der Waals surface area contributed by atoms with E-state index in [1.54, 1.807) is 0 Å². The lowest BCUT2D eigenvalue weighted by Gasteiger charge is -2.42. The third kappa shape index (κ3) is 3.67. The van der Waals surface area contributed by atoms with E-state index in [4.69, 9.17) is 4.74 Å². The highest BCUT2D eigenvalue weighted by atomic mass is 19.4. The van der Waals surface area contributed by atoms with Gasteiger partial charge in [-0.2, -0.15) is 26.3 Å². The lowest BCUT2D eigenvalue weighted by atomic mass is 10.0. The zero-order valence-electron chi connectivity index (χ0n) is 11.8. The van der Waals surface area contributed by atoms with Gasteiger partial charge >= 0.3 is 24.2 Å². The second-order valence-corrected chi connectivity index (χ2v) is 4.87. The summed E-state index contributed by atoms with van der Waals surface area (Å²) in [5.41, 5.74) is 0. The van der Waals surface area contributed by atoms with Gasteiger partial charge in [-0.15, -0.1) is 0 Å². The average molecular weight is 358 g/mol. The molecule has 1 aliphatic rings. The molecular weight excluding hydrogens is 344 g/mol.